The lowest BCUT2D eigenvalue weighted by Crippen LogP contribution is -2.43. The van der Waals surface area contributed by atoms with Crippen LogP contribution in [0.4, 0.5) is 10.1 Å². The van der Waals surface area contributed by atoms with E-state index in [4.69, 9.17) is 4.74 Å². The Hall–Kier alpha value is -1.09. The van der Waals surface area contributed by atoms with Gasteiger partial charge in [-0.15, -0.1) is 0 Å². The third kappa shape index (κ3) is 1.87. The minimum Gasteiger partial charge on any atom is -0.377 e. The van der Waals surface area contributed by atoms with Crippen molar-refractivity contribution in [2.75, 3.05) is 24.7 Å². The molecule has 1 atom stereocenters. The summed E-state index contributed by atoms with van der Waals surface area (Å²) in [5.74, 6) is -0.185. The van der Waals surface area contributed by atoms with Gasteiger partial charge in [-0.25, -0.2) is 4.39 Å². The van der Waals surface area contributed by atoms with Crippen molar-refractivity contribution in [1.29, 1.82) is 0 Å². The molecule has 14 heavy (non-hydrogen) atoms. The van der Waals surface area contributed by atoms with Crippen LogP contribution in [0.1, 0.15) is 6.92 Å². The van der Waals surface area contributed by atoms with Crippen molar-refractivity contribution in [2.24, 2.45) is 0 Å². The molecule has 0 bridgehead atoms. The molecule has 1 aromatic carbocycles. The van der Waals surface area contributed by atoms with Crippen LogP contribution in [0, 0.1) is 5.82 Å². The molecule has 3 heteroatoms. The second-order valence-corrected chi connectivity index (χ2v) is 3.59. The van der Waals surface area contributed by atoms with Gasteiger partial charge >= 0.3 is 0 Å². The quantitative estimate of drug-likeness (QED) is 0.680. The largest absolute Gasteiger partial charge is 0.377 e. The lowest BCUT2D eigenvalue weighted by atomic mass is 10.2. The second kappa shape index (κ2) is 3.96. The highest BCUT2D eigenvalue weighted by Gasteiger charge is 2.18. The average Bonchev–Trinajstić information content (AvgIpc) is 2.20. The lowest BCUT2D eigenvalue weighted by Gasteiger charge is -2.35. The van der Waals surface area contributed by atoms with E-state index >= 15 is 0 Å². The summed E-state index contributed by atoms with van der Waals surface area (Å²) >= 11 is 0. The van der Waals surface area contributed by atoms with E-state index in [0.717, 1.165) is 25.4 Å². The van der Waals surface area contributed by atoms with Crippen LogP contribution in [0.2, 0.25) is 0 Å². The molecule has 2 rings (SSSR count). The molecule has 0 aromatic heterocycles. The number of nitrogens with zero attached hydrogens (tertiary/aromatic N) is 1. The van der Waals surface area contributed by atoms with E-state index in [1.54, 1.807) is 0 Å². The molecular weight excluding hydrogens is 181 g/mol. The number of rotatable bonds is 1. The molecule has 0 N–H and O–H groups in total. The normalized spacial score (nSPS) is 22.4. The zero-order chi connectivity index (χ0) is 9.97. The molecule has 0 amide bonds. The van der Waals surface area contributed by atoms with Crippen LogP contribution >= 0.6 is 0 Å². The molecule has 0 spiro atoms. The van der Waals surface area contributed by atoms with Gasteiger partial charge in [-0.3, -0.25) is 0 Å². The molecule has 1 saturated heterocycles. The van der Waals surface area contributed by atoms with Crippen molar-refractivity contribution in [2.45, 2.75) is 13.0 Å². The number of benzene rings is 1. The highest BCUT2D eigenvalue weighted by atomic mass is 19.1. The Balaban J connectivity index is 2.16. The summed E-state index contributed by atoms with van der Waals surface area (Å²) < 4.78 is 18.0. The van der Waals surface area contributed by atoms with Crippen LogP contribution in [-0.2, 0) is 4.74 Å². The van der Waals surface area contributed by atoms with Gasteiger partial charge in [0.1, 0.15) is 5.82 Å². The lowest BCUT2D eigenvalue weighted by molar-refractivity contribution is 0.0989. The van der Waals surface area contributed by atoms with Gasteiger partial charge in [0.15, 0.2) is 0 Å². The van der Waals surface area contributed by atoms with Crippen molar-refractivity contribution in [3.63, 3.8) is 0 Å². The Kier molecular flexibility index (Phi) is 2.68. The molecule has 1 heterocycles. The topological polar surface area (TPSA) is 12.5 Å². The summed E-state index contributed by atoms with van der Waals surface area (Å²) in [6.07, 6.45) is 0. The van der Waals surface area contributed by atoms with Gasteiger partial charge in [0, 0.05) is 18.3 Å². The monoisotopic (exact) mass is 195 g/mol. The summed E-state index contributed by atoms with van der Waals surface area (Å²) in [6.45, 7) is 4.49. The average molecular weight is 195 g/mol. The number of hydrogen-bond donors (Lipinski definition) is 0. The summed E-state index contributed by atoms with van der Waals surface area (Å²) in [4.78, 5) is 2.24. The molecule has 0 aliphatic carbocycles. The van der Waals surface area contributed by atoms with Gasteiger partial charge < -0.3 is 9.64 Å². The zero-order valence-electron chi connectivity index (χ0n) is 8.24. The van der Waals surface area contributed by atoms with Crippen LogP contribution in [0.15, 0.2) is 24.3 Å². The van der Waals surface area contributed by atoms with E-state index in [9.17, 15) is 4.39 Å². The fourth-order valence-corrected chi connectivity index (χ4v) is 1.74. The van der Waals surface area contributed by atoms with Gasteiger partial charge in [-0.1, -0.05) is 0 Å². The molecule has 2 nitrogen and oxygen atoms in total. The first kappa shape index (κ1) is 9.46. The fourth-order valence-electron chi connectivity index (χ4n) is 1.74. The summed E-state index contributed by atoms with van der Waals surface area (Å²) in [6, 6.07) is 7.00. The SMILES string of the molecule is C[C@H]1COCCN1c1ccc(F)cc1. The summed E-state index contributed by atoms with van der Waals surface area (Å²) in [7, 11) is 0. The number of ether oxygens (including phenoxy) is 1. The third-order valence-corrected chi connectivity index (χ3v) is 2.53. The third-order valence-electron chi connectivity index (χ3n) is 2.53. The molecule has 1 fully saturated rings. The maximum absolute atomic E-state index is 12.7. The maximum Gasteiger partial charge on any atom is 0.123 e. The van der Waals surface area contributed by atoms with Gasteiger partial charge in [0.05, 0.1) is 13.2 Å². The van der Waals surface area contributed by atoms with Gasteiger partial charge in [0.2, 0.25) is 0 Å². The molecule has 0 unspecified atom stereocenters. The highest BCUT2D eigenvalue weighted by molar-refractivity contribution is 5.47. The Morgan fingerprint density at radius 3 is 2.71 bits per heavy atom. The number of morpholine rings is 1. The standard InChI is InChI=1S/C11H14FNO/c1-9-8-14-7-6-13(9)11-4-2-10(12)3-5-11/h2-5,9H,6-8H2,1H3/t9-/m0/s1. The van der Waals surface area contributed by atoms with Gasteiger partial charge in [0.25, 0.3) is 0 Å². The van der Waals surface area contributed by atoms with E-state index < -0.39 is 0 Å². The minimum absolute atomic E-state index is 0.185. The van der Waals surface area contributed by atoms with E-state index in [2.05, 4.69) is 11.8 Å². The number of halogens is 1. The smallest absolute Gasteiger partial charge is 0.123 e. The molecule has 76 valence electrons. The van der Waals surface area contributed by atoms with Gasteiger partial charge in [-0.05, 0) is 31.2 Å². The first-order chi connectivity index (χ1) is 6.77. The predicted molar refractivity (Wildman–Crippen MR) is 54.0 cm³/mol. The van der Waals surface area contributed by atoms with Crippen LogP contribution in [0.3, 0.4) is 0 Å². The van der Waals surface area contributed by atoms with Gasteiger partial charge in [-0.2, -0.15) is 0 Å². The first-order valence-electron chi connectivity index (χ1n) is 4.87. The molecular formula is C11H14FNO. The highest BCUT2D eigenvalue weighted by Crippen LogP contribution is 2.19. The molecule has 1 aliphatic rings. The first-order valence-corrected chi connectivity index (χ1v) is 4.87. The van der Waals surface area contributed by atoms with Crippen LogP contribution in [-0.4, -0.2) is 25.8 Å². The Bertz CT molecular complexity index is 299. The van der Waals surface area contributed by atoms with Crippen molar-refractivity contribution in [1.82, 2.24) is 0 Å². The maximum atomic E-state index is 12.7. The number of hydrogen-bond acceptors (Lipinski definition) is 2. The van der Waals surface area contributed by atoms with Crippen LogP contribution < -0.4 is 4.90 Å². The Morgan fingerprint density at radius 2 is 2.07 bits per heavy atom. The number of anilines is 1. The molecule has 1 aliphatic heterocycles. The van der Waals surface area contributed by atoms with E-state index in [1.165, 1.54) is 12.1 Å². The summed E-state index contributed by atoms with van der Waals surface area (Å²) in [5, 5.41) is 0. The van der Waals surface area contributed by atoms with Crippen LogP contribution in [0.5, 0.6) is 0 Å². The van der Waals surface area contributed by atoms with Crippen molar-refractivity contribution >= 4 is 5.69 Å². The van der Waals surface area contributed by atoms with Crippen molar-refractivity contribution in [3.05, 3.63) is 30.1 Å². The van der Waals surface area contributed by atoms with E-state index in [-0.39, 0.29) is 5.82 Å². The van der Waals surface area contributed by atoms with Crippen molar-refractivity contribution in [3.8, 4) is 0 Å². The Morgan fingerprint density at radius 1 is 1.36 bits per heavy atom. The minimum atomic E-state index is -0.185. The fraction of sp³-hybridized carbons (Fsp3) is 0.455. The zero-order valence-corrected chi connectivity index (χ0v) is 8.24. The van der Waals surface area contributed by atoms with Crippen LogP contribution in [0.25, 0.3) is 0 Å². The molecule has 1 aromatic rings. The summed E-state index contributed by atoms with van der Waals surface area (Å²) in [5.41, 5.74) is 1.07. The predicted octanol–water partition coefficient (Wildman–Crippen LogP) is 2.05. The Labute approximate surface area is 83.3 Å². The molecule has 0 saturated carbocycles. The van der Waals surface area contributed by atoms with E-state index in [0.29, 0.717) is 6.04 Å². The second-order valence-electron chi connectivity index (χ2n) is 3.59. The molecule has 0 radical (unpaired) electrons. The van der Waals surface area contributed by atoms with Crippen molar-refractivity contribution < 1.29 is 9.13 Å². The van der Waals surface area contributed by atoms with E-state index in [1.807, 2.05) is 12.1 Å².